The Balaban J connectivity index is 0. The fourth-order valence-corrected chi connectivity index (χ4v) is 1.14. The summed E-state index contributed by atoms with van der Waals surface area (Å²) in [4.78, 5) is 15.0. The second kappa shape index (κ2) is 12.0. The van der Waals surface area contributed by atoms with Gasteiger partial charge in [-0.1, -0.05) is 0 Å². The minimum absolute atomic E-state index is 1.18. The molecule has 0 bridgehead atoms. The van der Waals surface area contributed by atoms with E-state index in [-0.39, 0.29) is 0 Å². The van der Waals surface area contributed by atoms with Gasteiger partial charge in [0.1, 0.15) is 0 Å². The van der Waals surface area contributed by atoms with Crippen LogP contribution in [0.3, 0.4) is 0 Å². The molecule has 0 aliphatic heterocycles. The summed E-state index contributed by atoms with van der Waals surface area (Å²) in [6.45, 7) is 9.00. The van der Waals surface area contributed by atoms with Gasteiger partial charge >= 0.3 is 49.7 Å². The number of carbonyl (C=O) groups excluding carboxylic acids is 2. The molecule has 0 aromatic heterocycles. The third-order valence-electron chi connectivity index (χ3n) is 0.924. The van der Waals surface area contributed by atoms with Crippen LogP contribution in [0.15, 0.2) is 22.7 Å². The third-order valence-corrected chi connectivity index (χ3v) is 1.98. The van der Waals surface area contributed by atoms with E-state index < -0.39 is 0 Å². The second-order valence-corrected chi connectivity index (χ2v) is 2.57. The first-order chi connectivity index (χ1) is 5.43. The molecule has 0 amide bonds. The van der Waals surface area contributed by atoms with Crippen LogP contribution in [-0.2, 0) is 24.3 Å². The van der Waals surface area contributed by atoms with Crippen LogP contribution in [0.2, 0.25) is 5.86 Å². The quantitative estimate of drug-likeness (QED) is 0.629. The van der Waals surface area contributed by atoms with Crippen molar-refractivity contribution in [3.05, 3.63) is 22.7 Å². The molecule has 1 rings (SSSR count). The molecule has 1 aliphatic rings. The van der Waals surface area contributed by atoms with E-state index in [4.69, 9.17) is 9.59 Å². The van der Waals surface area contributed by atoms with Gasteiger partial charge in [0.25, 0.3) is 13.6 Å². The van der Waals surface area contributed by atoms with Crippen LogP contribution in [0.4, 0.5) is 0 Å². The van der Waals surface area contributed by atoms with E-state index >= 15 is 0 Å². The van der Waals surface area contributed by atoms with Gasteiger partial charge in [0.15, 0.2) is 0 Å². The average Bonchev–Trinajstić information content (AvgIpc) is 2.63. The first-order valence-corrected chi connectivity index (χ1v) is 4.19. The maximum Gasteiger partial charge on any atom is 0.281 e. The van der Waals surface area contributed by atoms with E-state index in [1.165, 1.54) is 25.6 Å². The van der Waals surface area contributed by atoms with Crippen molar-refractivity contribution in [2.75, 3.05) is 0 Å². The summed E-state index contributed by atoms with van der Waals surface area (Å²) in [6, 6.07) is 0. The summed E-state index contributed by atoms with van der Waals surface area (Å²) >= 11 is 1.45. The topological polar surface area (TPSA) is 34.1 Å². The zero-order valence-corrected chi connectivity index (χ0v) is 7.13. The molecule has 61 valence electrons. The van der Waals surface area contributed by atoms with Crippen LogP contribution < -0.4 is 0 Å². The number of hydrogen-bond donors (Lipinski definition) is 0. The van der Waals surface area contributed by atoms with Crippen LogP contribution in [0, 0.1) is 0 Å². The molecule has 0 aromatic carbocycles. The summed E-state index contributed by atoms with van der Waals surface area (Å²) in [7, 11) is 0. The monoisotopic (exact) mass is 195 g/mol. The summed E-state index contributed by atoms with van der Waals surface area (Å²) in [6.07, 6.45) is 7.66. The first-order valence-electron chi connectivity index (χ1n) is 2.63. The molecule has 0 spiro atoms. The molecule has 3 heteroatoms. The van der Waals surface area contributed by atoms with Crippen molar-refractivity contribution in [1.82, 2.24) is 0 Å². The van der Waals surface area contributed by atoms with Gasteiger partial charge in [-0.25, -0.2) is 0 Å². The Morgan fingerprint density at radius 1 is 1.36 bits per heavy atom. The van der Waals surface area contributed by atoms with Gasteiger partial charge in [-0.05, 0) is 0 Å². The predicted octanol–water partition coefficient (Wildman–Crippen LogP) is 1.17. The maximum atomic E-state index is 7.50. The molecule has 0 heterocycles. The standard InChI is InChI=1S/C5H5.2CO.CH3.Co/c1-2-4-5-3-1;2*1-2;;/h1-3H,4H2;;;1H3;. The Hall–Kier alpha value is -0.674. The van der Waals surface area contributed by atoms with Gasteiger partial charge in [-0.2, -0.15) is 0 Å². The maximum absolute atomic E-state index is 7.50. The molecule has 0 saturated carbocycles. The van der Waals surface area contributed by atoms with Gasteiger partial charge < -0.3 is 0 Å². The average molecular weight is 195 g/mol. The molecule has 11 heavy (non-hydrogen) atoms. The molecule has 0 fully saturated rings. The third kappa shape index (κ3) is 7.22. The minimum atomic E-state index is 1.18. The van der Waals surface area contributed by atoms with Gasteiger partial charge in [0, 0.05) is 0 Å². The number of hydrogen-bond acceptors (Lipinski definition) is 2. The molecule has 4 radical (unpaired) electrons. The van der Waals surface area contributed by atoms with Crippen LogP contribution in [-0.4, -0.2) is 13.6 Å². The summed E-state index contributed by atoms with van der Waals surface area (Å²) in [5, 5.41) is 0. The van der Waals surface area contributed by atoms with Crippen molar-refractivity contribution in [2.45, 2.75) is 12.3 Å². The van der Waals surface area contributed by atoms with E-state index in [9.17, 15) is 0 Å². The van der Waals surface area contributed by atoms with Crippen molar-refractivity contribution >= 4 is 13.6 Å². The Bertz CT molecular complexity index is 139. The summed E-state index contributed by atoms with van der Waals surface area (Å²) < 4.78 is 1.52. The van der Waals surface area contributed by atoms with E-state index in [0.717, 1.165) is 0 Å². The van der Waals surface area contributed by atoms with Crippen molar-refractivity contribution in [3.63, 3.8) is 0 Å². The van der Waals surface area contributed by atoms with Gasteiger partial charge in [-0.3, -0.25) is 9.59 Å². The van der Waals surface area contributed by atoms with Crippen molar-refractivity contribution < 1.29 is 24.3 Å². The summed E-state index contributed by atoms with van der Waals surface area (Å²) in [5.74, 6) is 2.16. The van der Waals surface area contributed by atoms with Crippen LogP contribution in [0.1, 0.15) is 6.42 Å². The zero-order chi connectivity index (χ0) is 9.11. The second-order valence-electron chi connectivity index (χ2n) is 1.38. The zero-order valence-electron chi connectivity index (χ0n) is 6.09. The van der Waals surface area contributed by atoms with E-state index in [1.54, 1.807) is 0 Å². The fraction of sp³-hybridized carbons (Fsp3) is 0.250. The first kappa shape index (κ1) is 13.0. The Morgan fingerprint density at radius 2 is 1.91 bits per heavy atom. The van der Waals surface area contributed by atoms with E-state index in [1.807, 2.05) is 0 Å². The number of rotatable bonds is 1. The molecule has 0 saturated heterocycles. The largest absolute Gasteiger partial charge is 0.281 e. The normalized spacial score (nSPS) is 12.3. The predicted molar refractivity (Wildman–Crippen MR) is 39.1 cm³/mol. The molecule has 0 aromatic rings. The van der Waals surface area contributed by atoms with E-state index in [0.29, 0.717) is 0 Å². The molecule has 0 N–H and O–H groups in total. The summed E-state index contributed by atoms with van der Waals surface area (Å²) in [5.41, 5.74) is 0. The van der Waals surface area contributed by atoms with Crippen molar-refractivity contribution in [2.24, 2.45) is 0 Å². The van der Waals surface area contributed by atoms with Gasteiger partial charge in [-0.15, -0.1) is 0 Å². The molecule has 2 nitrogen and oxygen atoms in total. The van der Waals surface area contributed by atoms with Crippen LogP contribution >= 0.6 is 0 Å². The molecule has 1 aliphatic carbocycles. The molecule has 0 atom stereocenters. The minimum Gasteiger partial charge on any atom is -0.281 e. The van der Waals surface area contributed by atoms with E-state index in [2.05, 4.69) is 37.7 Å². The Kier molecular flexibility index (Phi) is 14.2. The van der Waals surface area contributed by atoms with Crippen molar-refractivity contribution in [3.8, 4) is 0 Å². The fourth-order valence-electron chi connectivity index (χ4n) is 0.535. The van der Waals surface area contributed by atoms with Crippen LogP contribution in [0.25, 0.3) is 0 Å². The molecule has 0 unspecified atom stereocenters. The Morgan fingerprint density at radius 3 is 2.09 bits per heavy atom. The Labute approximate surface area is 73.4 Å². The molecular formula is C8H8CoO2. The van der Waals surface area contributed by atoms with Gasteiger partial charge in [0.2, 0.25) is 0 Å². The molecular weight excluding hydrogens is 187 g/mol. The van der Waals surface area contributed by atoms with Crippen LogP contribution in [0.5, 0.6) is 0 Å². The van der Waals surface area contributed by atoms with Gasteiger partial charge in [0.05, 0.1) is 0 Å². The van der Waals surface area contributed by atoms with Crippen molar-refractivity contribution in [1.29, 1.82) is 0 Å². The number of allylic oxidation sites excluding steroid dienone is 4. The smallest absolute Gasteiger partial charge is 0.281 e. The SMILES string of the molecule is [CH3][Co][C]1=CC=CC1.[C]=O.[C]=O.